The lowest BCUT2D eigenvalue weighted by Gasteiger charge is -2.42. The summed E-state index contributed by atoms with van der Waals surface area (Å²) in [6, 6.07) is 11.1. The van der Waals surface area contributed by atoms with Crippen molar-refractivity contribution in [2.75, 3.05) is 33.6 Å². The minimum absolute atomic E-state index is 0.0794. The van der Waals surface area contributed by atoms with Crippen LogP contribution in [0.2, 0.25) is 0 Å². The lowest BCUT2D eigenvalue weighted by atomic mass is 9.82. The minimum atomic E-state index is -2.59. The van der Waals surface area contributed by atoms with Crippen molar-refractivity contribution in [1.29, 1.82) is 0 Å². The maximum absolute atomic E-state index is 13.8. The molecule has 5 rings (SSSR count). The van der Waals surface area contributed by atoms with E-state index in [1.807, 2.05) is 6.07 Å². The molecule has 3 fully saturated rings. The van der Waals surface area contributed by atoms with E-state index < -0.39 is 17.6 Å². The van der Waals surface area contributed by atoms with Crippen molar-refractivity contribution in [2.24, 2.45) is 5.92 Å². The second-order valence-electron chi connectivity index (χ2n) is 9.13. The number of nitrogens with zero attached hydrogens (tertiary/aromatic N) is 1. The standard InChI is InChI=1S/C25H26F3NO5/c1-31-21-9-17(5-6-20(21)32-14-16-11-24(27,28)12-16)23(30)29-8-7-25(22(13-29)33-15-34-25)18-3-2-4-19(26)10-18/h2-6,9-10,16,22H,7-8,11-15H2,1H3/t22?,25-/m1/s1. The van der Waals surface area contributed by atoms with Crippen LogP contribution in [0.3, 0.4) is 0 Å². The van der Waals surface area contributed by atoms with Gasteiger partial charge in [0.15, 0.2) is 11.5 Å². The third kappa shape index (κ3) is 4.22. The van der Waals surface area contributed by atoms with E-state index in [-0.39, 0.29) is 43.9 Å². The van der Waals surface area contributed by atoms with Crippen LogP contribution in [0, 0.1) is 11.7 Å². The first-order valence-corrected chi connectivity index (χ1v) is 11.3. The minimum Gasteiger partial charge on any atom is -0.493 e. The van der Waals surface area contributed by atoms with Gasteiger partial charge in [-0.1, -0.05) is 12.1 Å². The van der Waals surface area contributed by atoms with E-state index in [1.165, 1.54) is 19.2 Å². The van der Waals surface area contributed by atoms with Crippen LogP contribution < -0.4 is 9.47 Å². The van der Waals surface area contributed by atoms with Gasteiger partial charge in [0.05, 0.1) is 20.3 Å². The maximum Gasteiger partial charge on any atom is 0.254 e. The number of alkyl halides is 2. The molecule has 1 aliphatic carbocycles. The zero-order valence-electron chi connectivity index (χ0n) is 18.8. The summed E-state index contributed by atoms with van der Waals surface area (Å²) in [5.74, 6) is -2.56. The highest BCUT2D eigenvalue weighted by molar-refractivity contribution is 5.95. The maximum atomic E-state index is 13.8. The number of carbonyl (C=O) groups is 1. The molecule has 2 aromatic carbocycles. The average molecular weight is 477 g/mol. The molecule has 0 bridgehead atoms. The van der Waals surface area contributed by atoms with Gasteiger partial charge in [-0.05, 0) is 35.9 Å². The molecule has 2 saturated heterocycles. The monoisotopic (exact) mass is 477 g/mol. The molecule has 0 spiro atoms. The number of methoxy groups -OCH3 is 1. The number of likely N-dealkylation sites (tertiary alicyclic amines) is 1. The molecular weight excluding hydrogens is 451 g/mol. The quantitative estimate of drug-likeness (QED) is 0.619. The zero-order valence-corrected chi connectivity index (χ0v) is 18.8. The third-order valence-electron chi connectivity index (χ3n) is 6.91. The van der Waals surface area contributed by atoms with Gasteiger partial charge >= 0.3 is 0 Å². The van der Waals surface area contributed by atoms with E-state index >= 15 is 0 Å². The first-order valence-electron chi connectivity index (χ1n) is 11.3. The number of ether oxygens (including phenoxy) is 4. The summed E-state index contributed by atoms with van der Waals surface area (Å²) in [4.78, 5) is 14.9. The predicted molar refractivity (Wildman–Crippen MR) is 116 cm³/mol. The molecule has 9 heteroatoms. The number of hydrogen-bond acceptors (Lipinski definition) is 5. The van der Waals surface area contributed by atoms with Crippen molar-refractivity contribution in [3.8, 4) is 11.5 Å². The fourth-order valence-corrected chi connectivity index (χ4v) is 5.04. The first kappa shape index (κ1) is 23.0. The van der Waals surface area contributed by atoms with Crippen molar-refractivity contribution < 1.29 is 36.9 Å². The Hall–Kier alpha value is -2.78. The largest absolute Gasteiger partial charge is 0.493 e. The SMILES string of the molecule is COc1cc(C(=O)N2CC[C@]3(c4cccc(F)c4)OCOC3C2)ccc1OCC1CC(F)(F)C1. The molecule has 3 aliphatic rings. The van der Waals surface area contributed by atoms with E-state index in [1.54, 1.807) is 29.2 Å². The Kier molecular flexibility index (Phi) is 5.93. The van der Waals surface area contributed by atoms with Gasteiger partial charge in [0, 0.05) is 37.3 Å². The normalized spacial score (nSPS) is 26.0. The highest BCUT2D eigenvalue weighted by Gasteiger charge is 2.51. The Labute approximate surface area is 195 Å². The van der Waals surface area contributed by atoms with Gasteiger partial charge in [0.25, 0.3) is 5.91 Å². The van der Waals surface area contributed by atoms with Gasteiger partial charge in [-0.3, -0.25) is 4.79 Å². The van der Waals surface area contributed by atoms with Gasteiger partial charge in [-0.25, -0.2) is 13.2 Å². The van der Waals surface area contributed by atoms with E-state index in [4.69, 9.17) is 18.9 Å². The lowest BCUT2D eigenvalue weighted by Crippen LogP contribution is -2.53. The van der Waals surface area contributed by atoms with Crippen molar-refractivity contribution in [2.45, 2.75) is 36.9 Å². The summed E-state index contributed by atoms with van der Waals surface area (Å²) >= 11 is 0. The van der Waals surface area contributed by atoms with Gasteiger partial charge in [-0.2, -0.15) is 0 Å². The summed E-state index contributed by atoms with van der Waals surface area (Å²) in [5.41, 5.74) is 0.332. The average Bonchev–Trinajstić information content (AvgIpc) is 3.25. The smallest absolute Gasteiger partial charge is 0.254 e. The number of rotatable bonds is 6. The van der Waals surface area contributed by atoms with Crippen molar-refractivity contribution in [3.63, 3.8) is 0 Å². The molecule has 0 radical (unpaired) electrons. The molecule has 1 amide bonds. The van der Waals surface area contributed by atoms with Crippen LogP contribution in [-0.4, -0.2) is 56.4 Å². The number of hydrogen-bond donors (Lipinski definition) is 0. The Bertz CT molecular complexity index is 1070. The third-order valence-corrected chi connectivity index (χ3v) is 6.91. The number of piperidine rings is 1. The van der Waals surface area contributed by atoms with Gasteiger partial charge in [0.1, 0.15) is 24.3 Å². The Morgan fingerprint density at radius 1 is 1.18 bits per heavy atom. The van der Waals surface area contributed by atoms with Crippen molar-refractivity contribution >= 4 is 5.91 Å². The molecule has 1 saturated carbocycles. The summed E-state index contributed by atoms with van der Waals surface area (Å²) in [6.45, 7) is 0.958. The number of benzene rings is 2. The summed E-state index contributed by atoms with van der Waals surface area (Å²) in [5, 5.41) is 0. The molecular formula is C25H26F3NO5. The number of fused-ring (bicyclic) bond motifs is 1. The van der Waals surface area contributed by atoms with Crippen LogP contribution >= 0.6 is 0 Å². The number of halogens is 3. The van der Waals surface area contributed by atoms with Crippen LogP contribution in [-0.2, 0) is 15.1 Å². The van der Waals surface area contributed by atoms with Crippen LogP contribution in [0.25, 0.3) is 0 Å². The topological polar surface area (TPSA) is 57.2 Å². The van der Waals surface area contributed by atoms with Crippen LogP contribution in [0.4, 0.5) is 13.2 Å². The van der Waals surface area contributed by atoms with E-state index in [2.05, 4.69) is 0 Å². The first-order chi connectivity index (χ1) is 16.3. The van der Waals surface area contributed by atoms with Crippen molar-refractivity contribution in [3.05, 3.63) is 59.4 Å². The Morgan fingerprint density at radius 2 is 2.00 bits per heavy atom. The van der Waals surface area contributed by atoms with E-state index in [0.29, 0.717) is 42.1 Å². The Morgan fingerprint density at radius 3 is 2.74 bits per heavy atom. The highest BCUT2D eigenvalue weighted by atomic mass is 19.3. The van der Waals surface area contributed by atoms with E-state index in [0.717, 1.165) is 0 Å². The van der Waals surface area contributed by atoms with Crippen LogP contribution in [0.5, 0.6) is 11.5 Å². The number of amides is 1. The zero-order chi connectivity index (χ0) is 23.9. The molecule has 0 N–H and O–H groups in total. The fourth-order valence-electron chi connectivity index (χ4n) is 5.04. The molecule has 6 nitrogen and oxygen atoms in total. The van der Waals surface area contributed by atoms with Gasteiger partial charge < -0.3 is 23.8 Å². The molecule has 2 aromatic rings. The number of carbonyl (C=O) groups excluding carboxylic acids is 1. The second kappa shape index (κ2) is 8.78. The molecule has 34 heavy (non-hydrogen) atoms. The summed E-state index contributed by atoms with van der Waals surface area (Å²) in [7, 11) is 1.46. The second-order valence-corrected chi connectivity index (χ2v) is 9.13. The fraction of sp³-hybridized carbons (Fsp3) is 0.480. The molecule has 0 aromatic heterocycles. The molecule has 182 valence electrons. The molecule has 1 unspecified atom stereocenters. The predicted octanol–water partition coefficient (Wildman–Crippen LogP) is 4.37. The molecule has 2 aliphatic heterocycles. The summed E-state index contributed by atoms with van der Waals surface area (Å²) in [6.07, 6.45) is -0.301. The summed E-state index contributed by atoms with van der Waals surface area (Å²) < 4.78 is 62.7. The van der Waals surface area contributed by atoms with E-state index in [9.17, 15) is 18.0 Å². The molecule has 2 atom stereocenters. The van der Waals surface area contributed by atoms with Gasteiger partial charge in [0.2, 0.25) is 5.92 Å². The molecule has 2 heterocycles. The van der Waals surface area contributed by atoms with Crippen LogP contribution in [0.15, 0.2) is 42.5 Å². The van der Waals surface area contributed by atoms with Gasteiger partial charge in [-0.15, -0.1) is 0 Å². The van der Waals surface area contributed by atoms with Crippen molar-refractivity contribution in [1.82, 2.24) is 4.90 Å². The highest BCUT2D eigenvalue weighted by Crippen LogP contribution is 2.44. The lowest BCUT2D eigenvalue weighted by molar-refractivity contribution is -0.119. The Balaban J connectivity index is 1.27. The van der Waals surface area contributed by atoms with Crippen LogP contribution in [0.1, 0.15) is 35.2 Å².